The molecule has 0 spiro atoms. The highest BCUT2D eigenvalue weighted by Gasteiger charge is 2.13. The normalized spacial score (nSPS) is 10.9. The van der Waals surface area contributed by atoms with Crippen LogP contribution >= 0.6 is 27.7 Å². The van der Waals surface area contributed by atoms with Crippen molar-refractivity contribution < 1.29 is 4.79 Å². The van der Waals surface area contributed by atoms with E-state index in [0.29, 0.717) is 12.1 Å². The Kier molecular flexibility index (Phi) is 5.84. The molecule has 1 amide bonds. The molecule has 0 aliphatic carbocycles. The topological polar surface area (TPSA) is 44.9 Å². The number of para-hydroxylation sites is 1. The predicted molar refractivity (Wildman–Crippen MR) is 121 cm³/mol. The van der Waals surface area contributed by atoms with E-state index in [-0.39, 0.29) is 5.91 Å². The summed E-state index contributed by atoms with van der Waals surface area (Å²) in [6.07, 6.45) is 0. The number of amides is 1. The molecule has 5 heteroatoms. The molecule has 0 saturated carbocycles. The summed E-state index contributed by atoms with van der Waals surface area (Å²) in [6.45, 7) is 0.604. The lowest BCUT2D eigenvalue weighted by Gasteiger charge is -2.07. The number of rotatable bonds is 6. The standard InChI is InChI=1S/C23H19BrN2OS/c24-18-12-10-17(11-13-18)23(27)25-14-15-28-22-19-8-4-5-9-20(19)26-21(22)16-6-2-1-3-7-16/h1-13,26H,14-15H2,(H,25,27). The lowest BCUT2D eigenvalue weighted by atomic mass is 10.1. The second-order valence-electron chi connectivity index (χ2n) is 6.35. The van der Waals surface area contributed by atoms with Crippen LogP contribution in [0.4, 0.5) is 0 Å². The van der Waals surface area contributed by atoms with Crippen molar-refractivity contribution in [3.63, 3.8) is 0 Å². The van der Waals surface area contributed by atoms with Crippen molar-refractivity contribution in [2.75, 3.05) is 12.3 Å². The second-order valence-corrected chi connectivity index (χ2v) is 8.37. The van der Waals surface area contributed by atoms with E-state index in [9.17, 15) is 4.79 Å². The third-order valence-corrected chi connectivity index (χ3v) is 6.11. The quantitative estimate of drug-likeness (QED) is 0.274. The van der Waals surface area contributed by atoms with Gasteiger partial charge in [0.1, 0.15) is 0 Å². The number of aromatic nitrogens is 1. The number of fused-ring (bicyclic) bond motifs is 1. The van der Waals surface area contributed by atoms with Crippen LogP contribution in [-0.2, 0) is 0 Å². The Hall–Kier alpha value is -2.50. The van der Waals surface area contributed by atoms with Crippen molar-refractivity contribution in [2.24, 2.45) is 0 Å². The van der Waals surface area contributed by atoms with Crippen molar-refractivity contribution in [1.82, 2.24) is 10.3 Å². The van der Waals surface area contributed by atoms with Gasteiger partial charge in [-0.05, 0) is 35.9 Å². The highest BCUT2D eigenvalue weighted by molar-refractivity contribution is 9.10. The third kappa shape index (κ3) is 4.16. The molecule has 0 unspecified atom stereocenters. The SMILES string of the molecule is O=C(NCCSc1c(-c2ccccc2)[nH]c2ccccc12)c1ccc(Br)cc1. The summed E-state index contributed by atoms with van der Waals surface area (Å²) in [4.78, 5) is 17.0. The van der Waals surface area contributed by atoms with Gasteiger partial charge in [-0.3, -0.25) is 4.79 Å². The monoisotopic (exact) mass is 450 g/mol. The Bertz CT molecular complexity index is 1090. The molecule has 28 heavy (non-hydrogen) atoms. The highest BCUT2D eigenvalue weighted by atomic mass is 79.9. The van der Waals surface area contributed by atoms with Gasteiger partial charge in [0.25, 0.3) is 5.91 Å². The molecule has 2 N–H and O–H groups in total. The molecular formula is C23H19BrN2OS. The van der Waals surface area contributed by atoms with Crippen molar-refractivity contribution in [2.45, 2.75) is 4.90 Å². The van der Waals surface area contributed by atoms with Crippen LogP contribution in [0.25, 0.3) is 22.2 Å². The summed E-state index contributed by atoms with van der Waals surface area (Å²) < 4.78 is 0.965. The van der Waals surface area contributed by atoms with Crippen LogP contribution in [0.15, 0.2) is 88.2 Å². The third-order valence-electron chi connectivity index (χ3n) is 4.46. The van der Waals surface area contributed by atoms with Crippen LogP contribution in [0.2, 0.25) is 0 Å². The van der Waals surface area contributed by atoms with E-state index < -0.39 is 0 Å². The van der Waals surface area contributed by atoms with Gasteiger partial charge in [-0.2, -0.15) is 0 Å². The summed E-state index contributed by atoms with van der Waals surface area (Å²) in [7, 11) is 0. The largest absolute Gasteiger partial charge is 0.354 e. The van der Waals surface area contributed by atoms with Crippen LogP contribution in [0.1, 0.15) is 10.4 Å². The number of hydrogen-bond acceptors (Lipinski definition) is 2. The highest BCUT2D eigenvalue weighted by Crippen LogP contribution is 2.37. The van der Waals surface area contributed by atoms with Crippen molar-refractivity contribution in [3.8, 4) is 11.3 Å². The number of hydrogen-bond donors (Lipinski definition) is 2. The summed E-state index contributed by atoms with van der Waals surface area (Å²) in [5.41, 5.74) is 4.10. The average molecular weight is 451 g/mol. The summed E-state index contributed by atoms with van der Waals surface area (Å²) in [5.74, 6) is 0.750. The van der Waals surface area contributed by atoms with E-state index in [1.807, 2.05) is 48.5 Å². The van der Waals surface area contributed by atoms with Crippen molar-refractivity contribution in [1.29, 1.82) is 0 Å². The first-order chi connectivity index (χ1) is 13.7. The van der Waals surface area contributed by atoms with Gasteiger partial charge in [0, 0.05) is 38.1 Å². The van der Waals surface area contributed by atoms with Crippen LogP contribution in [0.5, 0.6) is 0 Å². The molecule has 4 aromatic rings. The fourth-order valence-corrected chi connectivity index (χ4v) is 4.41. The molecule has 3 aromatic carbocycles. The smallest absolute Gasteiger partial charge is 0.251 e. The van der Waals surface area contributed by atoms with Crippen molar-refractivity contribution in [3.05, 3.63) is 88.9 Å². The van der Waals surface area contributed by atoms with E-state index in [1.165, 1.54) is 15.8 Å². The van der Waals surface area contributed by atoms with Gasteiger partial charge in [-0.1, -0.05) is 64.5 Å². The molecule has 0 saturated heterocycles. The maximum Gasteiger partial charge on any atom is 0.251 e. The minimum atomic E-state index is -0.0460. The molecule has 3 nitrogen and oxygen atoms in total. The second kappa shape index (κ2) is 8.67. The number of thioether (sulfide) groups is 1. The zero-order valence-electron chi connectivity index (χ0n) is 15.1. The molecule has 0 aliphatic heterocycles. The van der Waals surface area contributed by atoms with Crippen LogP contribution in [-0.4, -0.2) is 23.2 Å². The number of benzene rings is 3. The molecule has 0 atom stereocenters. The number of carbonyl (C=O) groups excluding carboxylic acids is 1. The molecule has 4 rings (SSSR count). The van der Waals surface area contributed by atoms with Crippen LogP contribution < -0.4 is 5.32 Å². The Morgan fingerprint density at radius 1 is 0.929 bits per heavy atom. The van der Waals surface area contributed by atoms with Gasteiger partial charge < -0.3 is 10.3 Å². The average Bonchev–Trinajstić information content (AvgIpc) is 3.11. The minimum absolute atomic E-state index is 0.0460. The summed E-state index contributed by atoms with van der Waals surface area (Å²) >= 11 is 5.15. The minimum Gasteiger partial charge on any atom is -0.354 e. The zero-order chi connectivity index (χ0) is 19.3. The molecule has 0 fully saturated rings. The van der Waals surface area contributed by atoms with Crippen molar-refractivity contribution >= 4 is 44.5 Å². The maximum atomic E-state index is 12.3. The van der Waals surface area contributed by atoms with E-state index >= 15 is 0 Å². The maximum absolute atomic E-state index is 12.3. The van der Waals surface area contributed by atoms with Gasteiger partial charge in [-0.25, -0.2) is 0 Å². The van der Waals surface area contributed by atoms with Crippen LogP contribution in [0.3, 0.4) is 0 Å². The Balaban J connectivity index is 1.47. The van der Waals surface area contributed by atoms with E-state index in [2.05, 4.69) is 56.6 Å². The van der Waals surface area contributed by atoms with Gasteiger partial charge in [0.05, 0.1) is 5.69 Å². The Morgan fingerprint density at radius 2 is 1.64 bits per heavy atom. The summed E-state index contributed by atoms with van der Waals surface area (Å²) in [5, 5.41) is 4.22. The molecule has 0 radical (unpaired) electrons. The number of nitrogens with one attached hydrogen (secondary N) is 2. The van der Waals surface area contributed by atoms with Gasteiger partial charge in [0.2, 0.25) is 0 Å². The van der Waals surface area contributed by atoms with Gasteiger partial charge in [-0.15, -0.1) is 11.8 Å². The zero-order valence-corrected chi connectivity index (χ0v) is 17.5. The molecular weight excluding hydrogens is 432 g/mol. The number of H-pyrrole nitrogens is 1. The first kappa shape index (κ1) is 18.8. The lowest BCUT2D eigenvalue weighted by molar-refractivity contribution is 0.0956. The van der Waals surface area contributed by atoms with E-state index in [1.54, 1.807) is 11.8 Å². The molecule has 1 aromatic heterocycles. The fraction of sp³-hybridized carbons (Fsp3) is 0.0870. The Morgan fingerprint density at radius 3 is 2.43 bits per heavy atom. The first-order valence-corrected chi connectivity index (χ1v) is 10.8. The van der Waals surface area contributed by atoms with E-state index in [0.717, 1.165) is 21.4 Å². The number of halogens is 1. The van der Waals surface area contributed by atoms with Gasteiger partial charge in [0.15, 0.2) is 0 Å². The summed E-state index contributed by atoms with van der Waals surface area (Å²) in [6, 6.07) is 26.1. The van der Waals surface area contributed by atoms with Crippen LogP contribution in [0, 0.1) is 0 Å². The molecule has 0 bridgehead atoms. The van der Waals surface area contributed by atoms with Gasteiger partial charge >= 0.3 is 0 Å². The molecule has 0 aliphatic rings. The van der Waals surface area contributed by atoms with E-state index in [4.69, 9.17) is 0 Å². The first-order valence-electron chi connectivity index (χ1n) is 9.05. The lowest BCUT2D eigenvalue weighted by Crippen LogP contribution is -2.25. The Labute approximate surface area is 176 Å². The molecule has 140 valence electrons. The number of carbonyl (C=O) groups is 1. The predicted octanol–water partition coefficient (Wildman–Crippen LogP) is 6.12. The number of aromatic amines is 1. The molecule has 1 heterocycles. The fourth-order valence-electron chi connectivity index (χ4n) is 3.10.